The molecule has 0 aliphatic heterocycles. The molecule has 0 heterocycles. The van der Waals surface area contributed by atoms with E-state index in [0.717, 1.165) is 25.7 Å². The maximum atomic E-state index is 12.5. The first-order chi connectivity index (χ1) is 15.2. The predicted octanol–water partition coefficient (Wildman–Crippen LogP) is 4.32. The average Bonchev–Trinajstić information content (AvgIpc) is 3.03. The Morgan fingerprint density at radius 1 is 1.12 bits per heavy atom. The molecule has 1 aliphatic carbocycles. The van der Waals surface area contributed by atoms with Crippen LogP contribution in [0.15, 0.2) is 48.1 Å². The molecule has 2 atom stereocenters. The fourth-order valence-electron chi connectivity index (χ4n) is 3.32. The molecule has 32 heavy (non-hydrogen) atoms. The van der Waals surface area contributed by atoms with Crippen molar-refractivity contribution in [3.05, 3.63) is 48.1 Å². The Morgan fingerprint density at radius 2 is 1.88 bits per heavy atom. The van der Waals surface area contributed by atoms with E-state index in [4.69, 9.17) is 9.47 Å². The zero-order valence-corrected chi connectivity index (χ0v) is 19.4. The molecule has 0 aromatic rings. The summed E-state index contributed by atoms with van der Waals surface area (Å²) in [6.07, 6.45) is 16.0. The third-order valence-electron chi connectivity index (χ3n) is 4.88. The summed E-state index contributed by atoms with van der Waals surface area (Å²) in [5.41, 5.74) is -0.853. The number of carbonyl (C=O) groups excluding carboxylic acids is 4. The largest absolute Gasteiger partial charge is 0.469 e. The zero-order chi connectivity index (χ0) is 24.0. The minimum absolute atomic E-state index is 0.0794. The molecule has 0 saturated heterocycles. The van der Waals surface area contributed by atoms with Crippen LogP contribution in [0.4, 0.5) is 0 Å². The van der Waals surface area contributed by atoms with E-state index >= 15 is 0 Å². The monoisotopic (exact) mass is 446 g/mol. The van der Waals surface area contributed by atoms with Gasteiger partial charge in [-0.1, -0.05) is 44.1 Å². The highest BCUT2D eigenvalue weighted by molar-refractivity contribution is 6.09. The smallest absolute Gasteiger partial charge is 0.305 e. The van der Waals surface area contributed by atoms with Crippen molar-refractivity contribution in [2.75, 3.05) is 7.11 Å². The van der Waals surface area contributed by atoms with Crippen LogP contribution >= 0.6 is 0 Å². The number of rotatable bonds is 13. The second-order valence-electron chi connectivity index (χ2n) is 7.58. The Labute approximate surface area is 190 Å². The number of esters is 3. The van der Waals surface area contributed by atoms with Crippen molar-refractivity contribution in [1.29, 1.82) is 0 Å². The number of unbranched alkanes of at least 4 members (excludes halogenated alkanes) is 3. The lowest BCUT2D eigenvalue weighted by molar-refractivity contribution is -0.149. The third-order valence-corrected chi connectivity index (χ3v) is 4.88. The minimum Gasteiger partial charge on any atom is -0.469 e. The summed E-state index contributed by atoms with van der Waals surface area (Å²) >= 11 is 0. The van der Waals surface area contributed by atoms with E-state index in [2.05, 4.69) is 11.7 Å². The third kappa shape index (κ3) is 9.45. The van der Waals surface area contributed by atoms with Gasteiger partial charge in [-0.25, -0.2) is 0 Å². The molecule has 7 heteroatoms. The molecule has 0 amide bonds. The molecule has 0 N–H and O–H groups in total. The van der Waals surface area contributed by atoms with Gasteiger partial charge in [0.25, 0.3) is 0 Å². The Hall–Kier alpha value is -2.96. The summed E-state index contributed by atoms with van der Waals surface area (Å²) < 4.78 is 15.4. The van der Waals surface area contributed by atoms with Gasteiger partial charge in [-0.15, -0.1) is 0 Å². The van der Waals surface area contributed by atoms with Crippen LogP contribution in [-0.2, 0) is 33.4 Å². The molecule has 0 bridgehead atoms. The van der Waals surface area contributed by atoms with E-state index in [9.17, 15) is 19.2 Å². The average molecular weight is 447 g/mol. The van der Waals surface area contributed by atoms with Crippen LogP contribution in [0.1, 0.15) is 65.7 Å². The highest BCUT2D eigenvalue weighted by atomic mass is 16.6. The molecule has 0 aromatic heterocycles. The normalized spacial score (nSPS) is 20.2. The van der Waals surface area contributed by atoms with Gasteiger partial charge in [-0.2, -0.15) is 0 Å². The number of carbonyl (C=O) groups is 4. The van der Waals surface area contributed by atoms with Crippen molar-refractivity contribution in [3.8, 4) is 0 Å². The van der Waals surface area contributed by atoms with E-state index in [1.165, 1.54) is 27.0 Å². The lowest BCUT2D eigenvalue weighted by Crippen LogP contribution is -2.33. The molecule has 0 radical (unpaired) electrons. The molecular formula is C25H34O7. The van der Waals surface area contributed by atoms with Crippen LogP contribution < -0.4 is 0 Å². The Kier molecular flexibility index (Phi) is 12.0. The van der Waals surface area contributed by atoms with Crippen LogP contribution in [0.3, 0.4) is 0 Å². The number of methoxy groups -OCH3 is 1. The topological polar surface area (TPSA) is 96.0 Å². The van der Waals surface area contributed by atoms with E-state index in [1.54, 1.807) is 24.3 Å². The lowest BCUT2D eigenvalue weighted by Gasteiger charge is -2.27. The number of ether oxygens (including phenoxy) is 3. The van der Waals surface area contributed by atoms with Gasteiger partial charge in [0.2, 0.25) is 0 Å². The Balaban J connectivity index is 3.02. The van der Waals surface area contributed by atoms with Gasteiger partial charge < -0.3 is 14.2 Å². The second kappa shape index (κ2) is 14.2. The highest BCUT2D eigenvalue weighted by Gasteiger charge is 2.41. The fourth-order valence-corrected chi connectivity index (χ4v) is 3.32. The van der Waals surface area contributed by atoms with Crippen molar-refractivity contribution in [2.24, 2.45) is 0 Å². The number of allylic oxidation sites excluding steroid dienone is 4. The first-order valence-corrected chi connectivity index (χ1v) is 10.9. The van der Waals surface area contributed by atoms with E-state index < -0.39 is 29.6 Å². The van der Waals surface area contributed by atoms with Crippen molar-refractivity contribution in [2.45, 2.75) is 77.4 Å². The van der Waals surface area contributed by atoms with E-state index in [1.807, 2.05) is 12.2 Å². The number of ketones is 1. The summed E-state index contributed by atoms with van der Waals surface area (Å²) in [4.78, 5) is 47.0. The molecule has 0 fully saturated rings. The SMILES string of the molecule is CCCCC/C=C\C[C@@]1(OC(C)=O)C=CC(=O)/C1=C\C=C/[C@@H](CCC(=O)OC)OC(C)=O. The fraction of sp³-hybridized carbons (Fsp3) is 0.520. The van der Waals surface area contributed by atoms with Crippen molar-refractivity contribution >= 4 is 23.7 Å². The van der Waals surface area contributed by atoms with Crippen molar-refractivity contribution < 1.29 is 33.4 Å². The van der Waals surface area contributed by atoms with Gasteiger partial charge in [0.1, 0.15) is 6.10 Å². The Morgan fingerprint density at radius 3 is 2.50 bits per heavy atom. The van der Waals surface area contributed by atoms with Gasteiger partial charge in [-0.3, -0.25) is 19.2 Å². The number of hydrogen-bond acceptors (Lipinski definition) is 7. The standard InChI is InChI=1S/C25H34O7/c1-5-6-7-8-9-10-17-25(32-20(3)27)18-16-23(28)22(25)13-11-12-21(31-19(2)26)14-15-24(29)30-4/h9-13,16,18,21H,5-8,14-15,17H2,1-4H3/b10-9-,12-11-,22-13+/t21-,25+/m0/s1. The molecule has 176 valence electrons. The van der Waals surface area contributed by atoms with Gasteiger partial charge >= 0.3 is 17.9 Å². The summed E-state index contributed by atoms with van der Waals surface area (Å²) in [5, 5.41) is 0. The summed E-state index contributed by atoms with van der Waals surface area (Å²) in [7, 11) is 1.29. The minimum atomic E-state index is -1.17. The van der Waals surface area contributed by atoms with Gasteiger partial charge in [0.05, 0.1) is 7.11 Å². The number of hydrogen-bond donors (Lipinski definition) is 0. The van der Waals surface area contributed by atoms with E-state index in [-0.39, 0.29) is 18.6 Å². The molecule has 0 aromatic carbocycles. The van der Waals surface area contributed by atoms with Crippen LogP contribution in [0, 0.1) is 0 Å². The molecule has 7 nitrogen and oxygen atoms in total. The summed E-state index contributed by atoms with van der Waals surface area (Å²) in [5.74, 6) is -1.65. The van der Waals surface area contributed by atoms with Crippen LogP contribution in [0.2, 0.25) is 0 Å². The zero-order valence-electron chi connectivity index (χ0n) is 19.4. The molecule has 1 rings (SSSR count). The van der Waals surface area contributed by atoms with Gasteiger partial charge in [0, 0.05) is 32.3 Å². The first kappa shape index (κ1) is 27.1. The first-order valence-electron chi connectivity index (χ1n) is 10.9. The quantitative estimate of drug-likeness (QED) is 0.137. The van der Waals surface area contributed by atoms with Gasteiger partial charge in [0.15, 0.2) is 11.4 Å². The molecular weight excluding hydrogens is 412 g/mol. The molecule has 0 unspecified atom stereocenters. The summed E-state index contributed by atoms with van der Waals surface area (Å²) in [6.45, 7) is 4.72. The maximum Gasteiger partial charge on any atom is 0.305 e. The highest BCUT2D eigenvalue weighted by Crippen LogP contribution is 2.34. The second-order valence-corrected chi connectivity index (χ2v) is 7.58. The van der Waals surface area contributed by atoms with Crippen LogP contribution in [-0.4, -0.2) is 42.5 Å². The maximum absolute atomic E-state index is 12.5. The molecule has 1 aliphatic rings. The predicted molar refractivity (Wildman–Crippen MR) is 121 cm³/mol. The van der Waals surface area contributed by atoms with Crippen LogP contribution in [0.5, 0.6) is 0 Å². The van der Waals surface area contributed by atoms with Crippen molar-refractivity contribution in [1.82, 2.24) is 0 Å². The molecule has 0 saturated carbocycles. The summed E-state index contributed by atoms with van der Waals surface area (Å²) in [6, 6.07) is 0. The Bertz CT molecular complexity index is 788. The van der Waals surface area contributed by atoms with Gasteiger partial charge in [-0.05, 0) is 37.5 Å². The van der Waals surface area contributed by atoms with Crippen LogP contribution in [0.25, 0.3) is 0 Å². The van der Waals surface area contributed by atoms with Crippen molar-refractivity contribution in [3.63, 3.8) is 0 Å². The lowest BCUT2D eigenvalue weighted by atomic mass is 9.91. The van der Waals surface area contributed by atoms with E-state index in [0.29, 0.717) is 12.0 Å². The molecule has 0 spiro atoms.